The molecule has 3 nitrogen and oxygen atoms in total. The number of hydrogen-bond acceptors (Lipinski definition) is 3. The SMILES string of the molecule is Cc1cc(C)c(COC(=O)c2cccc(CN)c2)c(C)c1. The molecule has 0 saturated heterocycles. The Morgan fingerprint density at radius 1 is 1.10 bits per heavy atom. The maximum absolute atomic E-state index is 12.1. The highest BCUT2D eigenvalue weighted by molar-refractivity contribution is 5.89. The summed E-state index contributed by atoms with van der Waals surface area (Å²) < 4.78 is 5.44. The largest absolute Gasteiger partial charge is 0.457 e. The Morgan fingerprint density at radius 2 is 1.76 bits per heavy atom. The number of aryl methyl sites for hydroxylation is 3. The third-order valence-electron chi connectivity index (χ3n) is 3.59. The van der Waals surface area contributed by atoms with Crippen molar-refractivity contribution in [2.75, 3.05) is 0 Å². The molecule has 0 radical (unpaired) electrons. The molecule has 0 bridgehead atoms. The molecule has 0 aliphatic carbocycles. The summed E-state index contributed by atoms with van der Waals surface area (Å²) >= 11 is 0. The highest BCUT2D eigenvalue weighted by Crippen LogP contribution is 2.18. The first kappa shape index (κ1) is 15.3. The van der Waals surface area contributed by atoms with Crippen molar-refractivity contribution in [1.29, 1.82) is 0 Å². The van der Waals surface area contributed by atoms with Gasteiger partial charge in [0.25, 0.3) is 0 Å². The molecule has 110 valence electrons. The predicted molar refractivity (Wildman–Crippen MR) is 84.1 cm³/mol. The molecule has 0 heterocycles. The predicted octanol–water partition coefficient (Wildman–Crippen LogP) is 3.43. The molecule has 0 aliphatic heterocycles. The Kier molecular flexibility index (Phi) is 4.76. The number of carbonyl (C=O) groups is 1. The minimum Gasteiger partial charge on any atom is -0.457 e. The molecule has 2 N–H and O–H groups in total. The van der Waals surface area contributed by atoms with Gasteiger partial charge in [-0.25, -0.2) is 4.79 Å². The summed E-state index contributed by atoms with van der Waals surface area (Å²) in [7, 11) is 0. The van der Waals surface area contributed by atoms with E-state index in [1.165, 1.54) is 5.56 Å². The lowest BCUT2D eigenvalue weighted by Crippen LogP contribution is -2.08. The first-order valence-corrected chi connectivity index (χ1v) is 7.04. The Labute approximate surface area is 125 Å². The topological polar surface area (TPSA) is 52.3 Å². The maximum Gasteiger partial charge on any atom is 0.338 e. The second-order valence-corrected chi connectivity index (χ2v) is 5.36. The zero-order chi connectivity index (χ0) is 15.4. The molecule has 0 aromatic heterocycles. The molecule has 0 atom stereocenters. The molecule has 0 unspecified atom stereocenters. The van der Waals surface area contributed by atoms with Crippen LogP contribution >= 0.6 is 0 Å². The van der Waals surface area contributed by atoms with Crippen LogP contribution in [0.25, 0.3) is 0 Å². The van der Waals surface area contributed by atoms with Crippen LogP contribution in [0.1, 0.15) is 38.2 Å². The summed E-state index contributed by atoms with van der Waals surface area (Å²) in [5, 5.41) is 0. The van der Waals surface area contributed by atoms with Gasteiger partial charge in [-0.2, -0.15) is 0 Å². The van der Waals surface area contributed by atoms with Gasteiger partial charge in [0.2, 0.25) is 0 Å². The van der Waals surface area contributed by atoms with Crippen LogP contribution in [0.2, 0.25) is 0 Å². The fourth-order valence-electron chi connectivity index (χ4n) is 2.48. The molecule has 3 heteroatoms. The van der Waals surface area contributed by atoms with Gasteiger partial charge in [-0.05, 0) is 55.2 Å². The molecule has 2 aromatic carbocycles. The van der Waals surface area contributed by atoms with Crippen LogP contribution in [-0.2, 0) is 17.9 Å². The zero-order valence-electron chi connectivity index (χ0n) is 12.8. The van der Waals surface area contributed by atoms with Crippen LogP contribution < -0.4 is 5.73 Å². The lowest BCUT2D eigenvalue weighted by molar-refractivity contribution is 0.0471. The van der Waals surface area contributed by atoms with Crippen molar-refractivity contribution in [3.05, 3.63) is 69.8 Å². The van der Waals surface area contributed by atoms with Crippen LogP contribution in [0.15, 0.2) is 36.4 Å². The molecule has 0 aliphatic rings. The number of nitrogens with two attached hydrogens (primary N) is 1. The van der Waals surface area contributed by atoms with Gasteiger partial charge >= 0.3 is 5.97 Å². The highest BCUT2D eigenvalue weighted by Gasteiger charge is 2.10. The number of hydrogen-bond donors (Lipinski definition) is 1. The van der Waals surface area contributed by atoms with E-state index in [4.69, 9.17) is 10.5 Å². The van der Waals surface area contributed by atoms with Crippen molar-refractivity contribution in [2.45, 2.75) is 33.9 Å². The number of carbonyl (C=O) groups excluding carboxylic acids is 1. The van der Waals surface area contributed by atoms with E-state index in [0.29, 0.717) is 18.7 Å². The normalized spacial score (nSPS) is 10.5. The van der Waals surface area contributed by atoms with Gasteiger partial charge in [0.15, 0.2) is 0 Å². The molecular weight excluding hydrogens is 262 g/mol. The van der Waals surface area contributed by atoms with E-state index in [2.05, 4.69) is 19.1 Å². The second kappa shape index (κ2) is 6.55. The monoisotopic (exact) mass is 283 g/mol. The van der Waals surface area contributed by atoms with Crippen LogP contribution in [0.4, 0.5) is 0 Å². The van der Waals surface area contributed by atoms with Gasteiger partial charge in [0.05, 0.1) is 5.56 Å². The standard InChI is InChI=1S/C18H21NO2/c1-12-7-13(2)17(14(3)8-12)11-21-18(20)16-6-4-5-15(9-16)10-19/h4-9H,10-11,19H2,1-3H3. The molecular formula is C18H21NO2. The van der Waals surface area contributed by atoms with Crippen molar-refractivity contribution < 1.29 is 9.53 Å². The summed E-state index contributed by atoms with van der Waals surface area (Å²) in [5.74, 6) is -0.315. The first-order chi connectivity index (χ1) is 10.0. The third kappa shape index (κ3) is 3.70. The van der Waals surface area contributed by atoms with E-state index in [9.17, 15) is 4.79 Å². The Balaban J connectivity index is 2.11. The number of rotatable bonds is 4. The minimum absolute atomic E-state index is 0.295. The Bertz CT molecular complexity index is 639. The van der Waals surface area contributed by atoms with Crippen molar-refractivity contribution >= 4 is 5.97 Å². The van der Waals surface area contributed by atoms with Gasteiger partial charge in [0, 0.05) is 6.54 Å². The van der Waals surface area contributed by atoms with E-state index >= 15 is 0 Å². The lowest BCUT2D eigenvalue weighted by Gasteiger charge is -2.12. The third-order valence-corrected chi connectivity index (χ3v) is 3.59. The van der Waals surface area contributed by atoms with Gasteiger partial charge < -0.3 is 10.5 Å². The van der Waals surface area contributed by atoms with Crippen LogP contribution in [0, 0.1) is 20.8 Å². The maximum atomic E-state index is 12.1. The van der Waals surface area contributed by atoms with E-state index in [0.717, 1.165) is 22.3 Å². The number of benzene rings is 2. The lowest BCUT2D eigenvalue weighted by atomic mass is 10.0. The fourth-order valence-corrected chi connectivity index (χ4v) is 2.48. The van der Waals surface area contributed by atoms with Crippen molar-refractivity contribution in [3.63, 3.8) is 0 Å². The van der Waals surface area contributed by atoms with Gasteiger partial charge in [-0.15, -0.1) is 0 Å². The first-order valence-electron chi connectivity index (χ1n) is 7.04. The molecule has 0 saturated carbocycles. The molecule has 2 aromatic rings. The van der Waals surface area contributed by atoms with E-state index in [-0.39, 0.29) is 5.97 Å². The summed E-state index contributed by atoms with van der Waals surface area (Å²) in [6.45, 7) is 6.85. The molecule has 0 amide bonds. The van der Waals surface area contributed by atoms with Crippen molar-refractivity contribution in [3.8, 4) is 0 Å². The molecule has 0 spiro atoms. The average Bonchev–Trinajstić information content (AvgIpc) is 2.46. The van der Waals surface area contributed by atoms with Gasteiger partial charge in [0.1, 0.15) is 6.61 Å². The van der Waals surface area contributed by atoms with Crippen LogP contribution in [-0.4, -0.2) is 5.97 Å². The zero-order valence-corrected chi connectivity index (χ0v) is 12.8. The molecule has 0 fully saturated rings. The van der Waals surface area contributed by atoms with Gasteiger partial charge in [-0.1, -0.05) is 29.8 Å². The van der Waals surface area contributed by atoms with Crippen LogP contribution in [0.5, 0.6) is 0 Å². The van der Waals surface area contributed by atoms with E-state index < -0.39 is 0 Å². The summed E-state index contributed by atoms with van der Waals surface area (Å²) in [6, 6.07) is 11.4. The molecule has 2 rings (SSSR count). The average molecular weight is 283 g/mol. The van der Waals surface area contributed by atoms with E-state index in [1.54, 1.807) is 12.1 Å². The van der Waals surface area contributed by atoms with Crippen molar-refractivity contribution in [1.82, 2.24) is 0 Å². The second-order valence-electron chi connectivity index (χ2n) is 5.36. The van der Waals surface area contributed by atoms with E-state index in [1.807, 2.05) is 26.0 Å². The summed E-state index contributed by atoms with van der Waals surface area (Å²) in [4.78, 5) is 12.1. The van der Waals surface area contributed by atoms with Crippen molar-refractivity contribution in [2.24, 2.45) is 5.73 Å². The Morgan fingerprint density at radius 3 is 2.38 bits per heavy atom. The summed E-state index contributed by atoms with van der Waals surface area (Å²) in [6.07, 6.45) is 0. The Hall–Kier alpha value is -2.13. The van der Waals surface area contributed by atoms with Gasteiger partial charge in [-0.3, -0.25) is 0 Å². The summed E-state index contributed by atoms with van der Waals surface area (Å²) in [5.41, 5.74) is 11.6. The fraction of sp³-hybridized carbons (Fsp3) is 0.278. The highest BCUT2D eigenvalue weighted by atomic mass is 16.5. The quantitative estimate of drug-likeness (QED) is 0.875. The number of ether oxygens (including phenoxy) is 1. The smallest absolute Gasteiger partial charge is 0.338 e. The minimum atomic E-state index is -0.315. The molecule has 21 heavy (non-hydrogen) atoms. The van der Waals surface area contributed by atoms with Crippen LogP contribution in [0.3, 0.4) is 0 Å². The number of esters is 1.